The number of rotatable bonds is 29. The second-order valence-electron chi connectivity index (χ2n) is 19.0. The van der Waals surface area contributed by atoms with Crippen molar-refractivity contribution < 1.29 is 59.7 Å². The molecule has 22 heteroatoms. The Kier molecular flexibility index (Phi) is 26.0. The first kappa shape index (κ1) is 61.9. The van der Waals surface area contributed by atoms with Gasteiger partial charge in [0.25, 0.3) is 0 Å². The molecule has 0 unspecified atom stereocenters. The van der Waals surface area contributed by atoms with Crippen molar-refractivity contribution in [2.45, 2.75) is 83.5 Å². The van der Waals surface area contributed by atoms with Crippen molar-refractivity contribution in [2.75, 3.05) is 85.5 Å². The molecular formula is C56H75F6N9O7. The molecule has 2 saturated heterocycles. The second-order valence-corrected chi connectivity index (χ2v) is 19.0. The number of halogens is 6. The Bertz CT molecular complexity index is 2320. The lowest BCUT2D eigenvalue weighted by Crippen LogP contribution is -2.35. The molecule has 0 aromatic heterocycles. The molecule has 4 aromatic rings. The smallest absolute Gasteiger partial charge is 0.425 e. The van der Waals surface area contributed by atoms with E-state index < -0.39 is 25.6 Å². The van der Waals surface area contributed by atoms with Gasteiger partial charge in [-0.2, -0.15) is 26.3 Å². The Balaban J connectivity index is 0.000000297. The van der Waals surface area contributed by atoms with Gasteiger partial charge in [-0.3, -0.25) is 10.8 Å². The highest BCUT2D eigenvalue weighted by atomic mass is 19.4. The molecule has 0 atom stereocenters. The first-order chi connectivity index (χ1) is 37.4. The molecule has 6 rings (SSSR count). The van der Waals surface area contributed by atoms with Crippen LogP contribution in [0.4, 0.5) is 26.3 Å². The lowest BCUT2D eigenvalue weighted by atomic mass is 9.92. The van der Waals surface area contributed by atoms with Gasteiger partial charge >= 0.3 is 12.4 Å². The van der Waals surface area contributed by atoms with Crippen molar-refractivity contribution in [1.29, 1.82) is 10.8 Å². The first-order valence-electron chi connectivity index (χ1n) is 26.4. The van der Waals surface area contributed by atoms with Crippen LogP contribution < -0.4 is 36.1 Å². The predicted molar refractivity (Wildman–Crippen MR) is 289 cm³/mol. The maximum atomic E-state index is 12.1. The molecule has 0 amide bonds. The molecular weight excluding hydrogens is 1020 g/mol. The SMILES string of the molecule is CCOC(=N)c1ccc(OCCCC2CCN(CCCOc3ccc(C(=N)N)cc3)CC2)cc1.N/C(=N\OCC(F)(F)F)c1ccc(OCCCC2CCN(CCCOc3ccc(/C(N)=N/OCC(F)(F)F)cc3)CC2)cc1. The largest absolute Gasteiger partial charge is 0.494 e. The lowest BCUT2D eigenvalue weighted by molar-refractivity contribution is -0.174. The Morgan fingerprint density at radius 1 is 0.500 bits per heavy atom. The Morgan fingerprint density at radius 3 is 1.14 bits per heavy atom. The maximum Gasteiger partial charge on any atom is 0.425 e. The summed E-state index contributed by atoms with van der Waals surface area (Å²) in [5.41, 5.74) is 19.1. The van der Waals surface area contributed by atoms with Crippen molar-refractivity contribution in [3.63, 3.8) is 0 Å². The zero-order valence-electron chi connectivity index (χ0n) is 44.3. The van der Waals surface area contributed by atoms with E-state index in [1.807, 2.05) is 55.5 Å². The molecule has 0 spiro atoms. The van der Waals surface area contributed by atoms with E-state index in [-0.39, 0.29) is 23.4 Å². The number of piperidine rings is 2. The molecule has 2 fully saturated rings. The molecule has 78 heavy (non-hydrogen) atoms. The quantitative estimate of drug-likeness (QED) is 0.0113. The number of benzene rings is 4. The Morgan fingerprint density at radius 2 is 0.821 bits per heavy atom. The number of oxime groups is 2. The summed E-state index contributed by atoms with van der Waals surface area (Å²) in [5.74, 6) is 4.33. The number of likely N-dealkylation sites (tertiary alicyclic amines) is 2. The van der Waals surface area contributed by atoms with Crippen LogP contribution in [0.3, 0.4) is 0 Å². The average molecular weight is 1100 g/mol. The molecule has 16 nitrogen and oxygen atoms in total. The summed E-state index contributed by atoms with van der Waals surface area (Å²) in [7, 11) is 0. The number of alkyl halides is 6. The van der Waals surface area contributed by atoms with Gasteiger partial charge < -0.3 is 60.4 Å². The average Bonchev–Trinajstić information content (AvgIpc) is 3.42. The fourth-order valence-corrected chi connectivity index (χ4v) is 8.64. The van der Waals surface area contributed by atoms with Crippen LogP contribution in [0.1, 0.15) is 93.4 Å². The van der Waals surface area contributed by atoms with Crippen LogP contribution in [0.15, 0.2) is 107 Å². The summed E-state index contributed by atoms with van der Waals surface area (Å²) < 4.78 is 101. The third-order valence-corrected chi connectivity index (χ3v) is 12.9. The van der Waals surface area contributed by atoms with Crippen LogP contribution in [0, 0.1) is 22.7 Å². The van der Waals surface area contributed by atoms with Gasteiger partial charge in [-0.1, -0.05) is 10.3 Å². The van der Waals surface area contributed by atoms with Gasteiger partial charge in [0.1, 0.15) is 28.8 Å². The molecule has 2 aliphatic rings. The molecule has 2 aliphatic heterocycles. The standard InChI is InChI=1S/C29H37F6N5O4.C27H38N4O3/c30-28(31,32)19-43-38-26(36)22-4-8-24(9-5-22)41-17-1-3-21-12-15-40(16-13-21)14-2-18-42-25-10-6-23(7-11-25)27(37)39-44-20-29(33,34)35;1-2-32-27(30)23-8-12-25(13-9-23)33-19-3-5-21-14-17-31(18-15-21)16-4-20-34-24-10-6-22(7-11-24)26(28)29/h4-11,21H,1-3,12-20H2,(H2,36,38)(H2,37,39);6-13,21,30H,2-5,14-20H2,1H3,(H3,28,29). The molecule has 0 bridgehead atoms. The summed E-state index contributed by atoms with van der Waals surface area (Å²) in [6, 6.07) is 28.1. The van der Waals surface area contributed by atoms with E-state index in [0.717, 1.165) is 119 Å². The molecule has 2 heterocycles. The molecule has 0 aliphatic carbocycles. The number of nitrogens with one attached hydrogen (secondary N) is 2. The zero-order valence-corrected chi connectivity index (χ0v) is 44.3. The van der Waals surface area contributed by atoms with Gasteiger partial charge in [0.2, 0.25) is 19.1 Å². The fraction of sp³-hybridized carbons (Fsp3) is 0.500. The first-order valence-corrected chi connectivity index (χ1v) is 26.4. The van der Waals surface area contributed by atoms with Crippen LogP contribution >= 0.6 is 0 Å². The lowest BCUT2D eigenvalue weighted by Gasteiger charge is -2.32. The minimum atomic E-state index is -4.48. The van der Waals surface area contributed by atoms with Crippen molar-refractivity contribution in [2.24, 2.45) is 39.3 Å². The maximum absolute atomic E-state index is 12.1. The summed E-state index contributed by atoms with van der Waals surface area (Å²) >= 11 is 0. The minimum absolute atomic E-state index is 0.0775. The molecule has 428 valence electrons. The second kappa shape index (κ2) is 32.7. The van der Waals surface area contributed by atoms with Crippen LogP contribution in [-0.4, -0.2) is 131 Å². The van der Waals surface area contributed by atoms with Gasteiger partial charge in [0.05, 0.1) is 33.0 Å². The number of nitrogens with two attached hydrogens (primary N) is 3. The Hall–Kier alpha value is -6.94. The van der Waals surface area contributed by atoms with Gasteiger partial charge in [0, 0.05) is 35.3 Å². The Labute approximate surface area is 453 Å². The number of nitrogen functional groups attached to an aromatic ring is 1. The van der Waals surface area contributed by atoms with Gasteiger partial charge in [-0.15, -0.1) is 0 Å². The highest BCUT2D eigenvalue weighted by molar-refractivity contribution is 5.97. The van der Waals surface area contributed by atoms with Crippen molar-refractivity contribution >= 4 is 23.4 Å². The van der Waals surface area contributed by atoms with E-state index in [0.29, 0.717) is 55.0 Å². The van der Waals surface area contributed by atoms with E-state index in [9.17, 15) is 26.3 Å². The monoisotopic (exact) mass is 1100 g/mol. The van der Waals surface area contributed by atoms with Crippen LogP contribution in [0.25, 0.3) is 0 Å². The normalized spacial score (nSPS) is 15.2. The number of amidine groups is 3. The van der Waals surface area contributed by atoms with E-state index >= 15 is 0 Å². The highest BCUT2D eigenvalue weighted by Gasteiger charge is 2.29. The van der Waals surface area contributed by atoms with E-state index in [4.69, 9.17) is 51.7 Å². The highest BCUT2D eigenvalue weighted by Crippen LogP contribution is 2.25. The van der Waals surface area contributed by atoms with E-state index in [1.165, 1.54) is 19.3 Å². The van der Waals surface area contributed by atoms with Crippen LogP contribution in [0.2, 0.25) is 0 Å². The number of ether oxygens (including phenoxy) is 5. The summed E-state index contributed by atoms with van der Waals surface area (Å²) in [6.07, 6.45) is 1.88. The topological polar surface area (TPSA) is 222 Å². The summed E-state index contributed by atoms with van der Waals surface area (Å²) in [5, 5.41) is 21.8. The van der Waals surface area contributed by atoms with Crippen molar-refractivity contribution in [3.05, 3.63) is 119 Å². The summed E-state index contributed by atoms with van der Waals surface area (Å²) in [6.45, 7) is 8.23. The predicted octanol–water partition coefficient (Wildman–Crippen LogP) is 10.1. The molecule has 0 saturated carbocycles. The number of hydrogen-bond donors (Lipinski definition) is 5. The third-order valence-electron chi connectivity index (χ3n) is 12.9. The van der Waals surface area contributed by atoms with Crippen LogP contribution in [-0.2, 0) is 14.4 Å². The van der Waals surface area contributed by atoms with E-state index in [1.54, 1.807) is 48.5 Å². The molecule has 0 radical (unpaired) electrons. The number of nitrogens with zero attached hydrogens (tertiary/aromatic N) is 4. The third kappa shape index (κ3) is 24.6. The summed E-state index contributed by atoms with van der Waals surface area (Å²) in [4.78, 5) is 13.4. The van der Waals surface area contributed by atoms with Crippen molar-refractivity contribution in [3.8, 4) is 23.0 Å². The minimum Gasteiger partial charge on any atom is -0.494 e. The zero-order chi connectivity index (χ0) is 56.2. The molecule has 8 N–H and O–H groups in total. The van der Waals surface area contributed by atoms with E-state index in [2.05, 4.69) is 29.8 Å². The van der Waals surface area contributed by atoms with Crippen LogP contribution in [0.5, 0.6) is 23.0 Å². The van der Waals surface area contributed by atoms with Gasteiger partial charge in [-0.05, 0) is 206 Å². The van der Waals surface area contributed by atoms with Crippen molar-refractivity contribution in [1.82, 2.24) is 9.80 Å². The van der Waals surface area contributed by atoms with Gasteiger partial charge in [0.15, 0.2) is 11.7 Å². The molecule has 4 aromatic carbocycles. The van der Waals surface area contributed by atoms with Gasteiger partial charge in [-0.25, -0.2) is 0 Å². The number of hydrogen-bond acceptors (Lipinski definition) is 13. The fourth-order valence-electron chi connectivity index (χ4n) is 8.64.